The summed E-state index contributed by atoms with van der Waals surface area (Å²) in [4.78, 5) is 24.5. The molecular weight excluding hydrogens is 412 g/mol. The minimum atomic E-state index is -4.50. The molecule has 0 amide bonds. The number of hydrogen-bond acceptors (Lipinski definition) is 8. The number of rotatable bonds is 3. The molecule has 0 aliphatic carbocycles. The Hall–Kier alpha value is -2.80. The van der Waals surface area contributed by atoms with Gasteiger partial charge in [-0.2, -0.15) is 16.8 Å². The van der Waals surface area contributed by atoms with Gasteiger partial charge >= 0.3 is 0 Å². The minimum absolute atomic E-state index is 0.00399. The first-order valence-corrected chi connectivity index (χ1v) is 10.7. The number of carbonyl (C=O) groups is 2. The second-order valence-corrected chi connectivity index (χ2v) is 9.18. The number of ketones is 2. The maximum Gasteiger partial charge on any atom is 0.294 e. The van der Waals surface area contributed by atoms with Crippen LogP contribution in [0.3, 0.4) is 0 Å². The number of anilines is 2. The smallest absolute Gasteiger partial charge is 0.294 e. The lowest BCUT2D eigenvalue weighted by Crippen LogP contribution is -2.43. The Morgan fingerprint density at radius 3 is 1.36 bits per heavy atom. The molecule has 0 saturated carbocycles. The van der Waals surface area contributed by atoms with Crippen LogP contribution in [0.1, 0.15) is 20.7 Å². The van der Waals surface area contributed by atoms with Crippen LogP contribution in [-0.2, 0) is 20.2 Å². The van der Waals surface area contributed by atoms with Crippen molar-refractivity contribution in [3.63, 3.8) is 0 Å². The number of fused-ring (bicyclic) bond motifs is 2. The van der Waals surface area contributed by atoms with Crippen molar-refractivity contribution in [2.75, 3.05) is 10.6 Å². The molecule has 0 aromatic heterocycles. The van der Waals surface area contributed by atoms with Gasteiger partial charge in [0.1, 0.15) is 12.1 Å². The number of benzene rings is 2. The predicted molar refractivity (Wildman–Crippen MR) is 96.0 cm³/mol. The summed E-state index contributed by atoms with van der Waals surface area (Å²) in [6, 6.07) is 4.74. The summed E-state index contributed by atoms with van der Waals surface area (Å²) < 4.78 is 63.4. The highest BCUT2D eigenvalue weighted by Gasteiger charge is 2.44. The van der Waals surface area contributed by atoms with Gasteiger partial charge in [0.05, 0.1) is 9.79 Å². The molecule has 2 aromatic rings. The second-order valence-electron chi connectivity index (χ2n) is 6.34. The minimum Gasteiger partial charge on any atom is -0.372 e. The van der Waals surface area contributed by atoms with Crippen molar-refractivity contribution >= 4 is 43.2 Å². The Bertz CT molecular complexity index is 1170. The lowest BCUT2D eigenvalue weighted by Gasteiger charge is -2.17. The fourth-order valence-electron chi connectivity index (χ4n) is 3.30. The van der Waals surface area contributed by atoms with Crippen LogP contribution in [0.25, 0.3) is 0 Å². The molecule has 10 nitrogen and oxygen atoms in total. The van der Waals surface area contributed by atoms with Gasteiger partial charge in [0.25, 0.3) is 20.2 Å². The summed E-state index contributed by atoms with van der Waals surface area (Å²) >= 11 is 0. The highest BCUT2D eigenvalue weighted by atomic mass is 32.2. The molecule has 12 heteroatoms. The van der Waals surface area contributed by atoms with E-state index in [0.29, 0.717) is 11.4 Å². The van der Waals surface area contributed by atoms with Gasteiger partial charge in [-0.25, -0.2) is 0 Å². The van der Waals surface area contributed by atoms with Crippen LogP contribution < -0.4 is 10.6 Å². The molecular formula is C16H12N2O8S2. The molecule has 2 heterocycles. The number of Topliss-reactive ketones (excluding diaryl/α,β-unsaturated/α-hetero) is 2. The van der Waals surface area contributed by atoms with Gasteiger partial charge in [0.2, 0.25) is 0 Å². The third-order valence-corrected chi connectivity index (χ3v) is 6.33. The topological polar surface area (TPSA) is 167 Å². The van der Waals surface area contributed by atoms with Gasteiger partial charge < -0.3 is 10.6 Å². The molecule has 0 fully saturated rings. The Balaban J connectivity index is 1.67. The first kappa shape index (κ1) is 18.6. The highest BCUT2D eigenvalue weighted by Crippen LogP contribution is 2.35. The van der Waals surface area contributed by atoms with E-state index in [1.54, 1.807) is 0 Å². The van der Waals surface area contributed by atoms with Crippen LogP contribution >= 0.6 is 0 Å². The van der Waals surface area contributed by atoms with E-state index in [4.69, 9.17) is 9.11 Å². The van der Waals surface area contributed by atoms with Crippen LogP contribution in [0, 0.1) is 0 Å². The van der Waals surface area contributed by atoms with Crippen LogP contribution in [0.4, 0.5) is 11.4 Å². The van der Waals surface area contributed by atoms with E-state index in [9.17, 15) is 26.4 Å². The largest absolute Gasteiger partial charge is 0.372 e. The lowest BCUT2D eigenvalue weighted by molar-refractivity contribution is 0.0904. The van der Waals surface area contributed by atoms with Crippen molar-refractivity contribution in [3.05, 3.63) is 47.5 Å². The van der Waals surface area contributed by atoms with Gasteiger partial charge in [-0.1, -0.05) is 0 Å². The van der Waals surface area contributed by atoms with E-state index < -0.39 is 53.7 Å². The van der Waals surface area contributed by atoms with Gasteiger partial charge in [-0.05, 0) is 36.4 Å². The summed E-state index contributed by atoms with van der Waals surface area (Å²) in [6.07, 6.45) is 0. The van der Waals surface area contributed by atoms with Crippen molar-refractivity contribution < 1.29 is 35.5 Å². The molecule has 4 N–H and O–H groups in total. The third kappa shape index (κ3) is 2.86. The normalized spacial score (nSPS) is 21.1. The Labute approximate surface area is 159 Å². The van der Waals surface area contributed by atoms with Crippen LogP contribution in [0.15, 0.2) is 46.2 Å². The van der Waals surface area contributed by atoms with Crippen LogP contribution in [0.5, 0.6) is 0 Å². The Morgan fingerprint density at radius 1 is 0.679 bits per heavy atom. The fourth-order valence-corrected chi connectivity index (χ4v) is 4.31. The molecule has 2 unspecified atom stereocenters. The van der Waals surface area contributed by atoms with Gasteiger partial charge in [-0.3, -0.25) is 18.7 Å². The average Bonchev–Trinajstić information content (AvgIpc) is 3.10. The first-order valence-electron chi connectivity index (χ1n) is 7.81. The maximum atomic E-state index is 12.7. The van der Waals surface area contributed by atoms with Crippen molar-refractivity contribution in [2.45, 2.75) is 21.9 Å². The van der Waals surface area contributed by atoms with E-state index in [1.165, 1.54) is 12.1 Å². The van der Waals surface area contributed by atoms with Crippen LogP contribution in [-0.4, -0.2) is 49.6 Å². The van der Waals surface area contributed by atoms with Gasteiger partial charge in [-0.15, -0.1) is 0 Å². The van der Waals surface area contributed by atoms with E-state index in [1.807, 2.05) is 0 Å². The summed E-state index contributed by atoms with van der Waals surface area (Å²) in [5, 5.41) is 5.68. The zero-order valence-corrected chi connectivity index (χ0v) is 15.4. The van der Waals surface area contributed by atoms with Gasteiger partial charge in [0, 0.05) is 22.5 Å². The molecule has 28 heavy (non-hydrogen) atoms. The van der Waals surface area contributed by atoms with Crippen LogP contribution in [0.2, 0.25) is 0 Å². The summed E-state index contributed by atoms with van der Waals surface area (Å²) in [7, 11) is -9.00. The molecule has 0 radical (unpaired) electrons. The van der Waals surface area contributed by atoms with E-state index in [-0.39, 0.29) is 11.1 Å². The zero-order valence-electron chi connectivity index (χ0n) is 13.8. The fraction of sp³-hybridized carbons (Fsp3) is 0.125. The summed E-state index contributed by atoms with van der Waals surface area (Å²) in [5.74, 6) is -1.12. The standard InChI is InChI=1S/C16H12N2O8S2/c19-15-9-5-7(27(21,22)23)1-3-11(9)17-13(15)14-16(20)10-6-8(28(24,25)26)2-4-12(10)18-14/h1-6,13-14,17-18H,(H,21,22,23)(H,24,25,26). The number of nitrogens with one attached hydrogen (secondary N) is 2. The van der Waals surface area contributed by atoms with Gasteiger partial charge in [0.15, 0.2) is 11.6 Å². The second kappa shape index (κ2) is 5.85. The molecule has 0 spiro atoms. The molecule has 4 rings (SSSR count). The van der Waals surface area contributed by atoms with E-state index >= 15 is 0 Å². The SMILES string of the molecule is O=C1c2cc(S(=O)(=O)O)ccc2NC1C1Nc2ccc(S(=O)(=O)O)cc2C1=O. The van der Waals surface area contributed by atoms with Crippen molar-refractivity contribution in [3.8, 4) is 0 Å². The average molecular weight is 424 g/mol. The van der Waals surface area contributed by atoms with Crippen molar-refractivity contribution in [1.82, 2.24) is 0 Å². The summed E-state index contributed by atoms with van der Waals surface area (Å²) in [6.45, 7) is 0. The van der Waals surface area contributed by atoms with E-state index in [2.05, 4.69) is 10.6 Å². The molecule has 146 valence electrons. The molecule has 0 bridgehead atoms. The molecule has 2 aromatic carbocycles. The maximum absolute atomic E-state index is 12.7. The summed E-state index contributed by atoms with van der Waals surface area (Å²) in [5.41, 5.74) is 0.603. The first-order chi connectivity index (χ1) is 13.0. The lowest BCUT2D eigenvalue weighted by atomic mass is 9.98. The predicted octanol–water partition coefficient (Wildman–Crippen LogP) is 0.834. The van der Waals surface area contributed by atoms with Crippen molar-refractivity contribution in [2.24, 2.45) is 0 Å². The molecule has 2 atom stereocenters. The zero-order chi connectivity index (χ0) is 20.4. The monoisotopic (exact) mass is 424 g/mol. The quantitative estimate of drug-likeness (QED) is 0.518. The highest BCUT2D eigenvalue weighted by molar-refractivity contribution is 7.86. The Morgan fingerprint density at radius 2 is 1.04 bits per heavy atom. The number of carbonyl (C=O) groups excluding carboxylic acids is 2. The molecule has 2 aliphatic heterocycles. The van der Waals surface area contributed by atoms with E-state index in [0.717, 1.165) is 24.3 Å². The third-order valence-electron chi connectivity index (χ3n) is 4.63. The number of hydrogen-bond donors (Lipinski definition) is 4. The molecule has 0 saturated heterocycles. The van der Waals surface area contributed by atoms with Crippen molar-refractivity contribution in [1.29, 1.82) is 0 Å². The Kier molecular flexibility index (Phi) is 3.88. The molecule has 2 aliphatic rings.